The number of aliphatic hydroxyl groups excluding tert-OH is 13. The van der Waals surface area contributed by atoms with Crippen molar-refractivity contribution >= 4 is 6.29 Å². The fourth-order valence-corrected chi connectivity index (χ4v) is 3.19. The standard InChI is InChI=1S/C12H22O11.C6H12O6/c13-1-3-5(15)6(16)9(19)12(22-3)23-10-4(2-14)21-11(20)8(18)7(10)17;7-1-3(9)5(11)6(12)4(10)2-8/h3-20H,1-2H2;1,3-6,8-12H,2H2/t3-,4-,5+,6+,7-,8-,9-,10-,11?,12+;3-,4+,5+,6-/m10/s1. The normalized spacial score (nSPS) is 41.2. The fraction of sp³-hybridized carbons (Fsp3) is 0.944. The first-order valence-corrected chi connectivity index (χ1v) is 10.4. The van der Waals surface area contributed by atoms with Crippen LogP contribution in [0.25, 0.3) is 0 Å². The summed E-state index contributed by atoms with van der Waals surface area (Å²) in [7, 11) is 0. The van der Waals surface area contributed by atoms with Crippen molar-refractivity contribution in [3.63, 3.8) is 0 Å². The molecule has 1 unspecified atom stereocenters. The van der Waals surface area contributed by atoms with Gasteiger partial charge in [-0.2, -0.15) is 0 Å². The lowest BCUT2D eigenvalue weighted by Gasteiger charge is -2.45. The fourth-order valence-electron chi connectivity index (χ4n) is 3.19. The van der Waals surface area contributed by atoms with Gasteiger partial charge in [-0.3, -0.25) is 0 Å². The lowest BCUT2D eigenvalue weighted by Crippen LogP contribution is -2.64. The Morgan fingerprint density at radius 3 is 1.77 bits per heavy atom. The third-order valence-corrected chi connectivity index (χ3v) is 5.40. The van der Waals surface area contributed by atoms with Gasteiger partial charge < -0.3 is 85.4 Å². The van der Waals surface area contributed by atoms with E-state index in [4.69, 9.17) is 44.8 Å². The van der Waals surface area contributed by atoms with E-state index in [-0.39, 0.29) is 6.29 Å². The Kier molecular flexibility index (Phi) is 13.5. The Balaban J connectivity index is 0.000000434. The summed E-state index contributed by atoms with van der Waals surface area (Å²) in [6.45, 7) is -2.11. The van der Waals surface area contributed by atoms with Gasteiger partial charge in [-0.15, -0.1) is 0 Å². The van der Waals surface area contributed by atoms with Gasteiger partial charge in [0.1, 0.15) is 73.2 Å². The van der Waals surface area contributed by atoms with E-state index in [1.54, 1.807) is 0 Å². The van der Waals surface area contributed by atoms with Gasteiger partial charge in [0.2, 0.25) is 0 Å². The highest BCUT2D eigenvalue weighted by Crippen LogP contribution is 2.28. The molecule has 0 aliphatic carbocycles. The van der Waals surface area contributed by atoms with Gasteiger partial charge in [0, 0.05) is 0 Å². The van der Waals surface area contributed by atoms with Crippen LogP contribution in [0.3, 0.4) is 0 Å². The Morgan fingerprint density at radius 1 is 0.714 bits per heavy atom. The first-order chi connectivity index (χ1) is 16.4. The number of carbonyl (C=O) groups is 1. The van der Waals surface area contributed by atoms with Crippen LogP contribution in [0, 0.1) is 0 Å². The molecule has 0 saturated carbocycles. The highest BCUT2D eigenvalue weighted by Gasteiger charge is 2.50. The van der Waals surface area contributed by atoms with Gasteiger partial charge in [0.25, 0.3) is 0 Å². The topological polar surface area (TPSA) is 308 Å². The largest absolute Gasteiger partial charge is 0.394 e. The molecule has 0 spiro atoms. The minimum atomic E-state index is -1.79. The van der Waals surface area contributed by atoms with Gasteiger partial charge in [0.05, 0.1) is 19.8 Å². The van der Waals surface area contributed by atoms with Crippen LogP contribution in [0.4, 0.5) is 0 Å². The summed E-state index contributed by atoms with van der Waals surface area (Å²) in [4.78, 5) is 9.90. The summed E-state index contributed by atoms with van der Waals surface area (Å²) in [5.74, 6) is 0. The number of hydrogen-bond acceptors (Lipinski definition) is 17. The first kappa shape index (κ1) is 32.1. The zero-order valence-electron chi connectivity index (χ0n) is 18.2. The predicted molar refractivity (Wildman–Crippen MR) is 106 cm³/mol. The highest BCUT2D eigenvalue weighted by atomic mass is 16.7. The third-order valence-electron chi connectivity index (χ3n) is 5.40. The van der Waals surface area contributed by atoms with Gasteiger partial charge in [0.15, 0.2) is 18.9 Å². The van der Waals surface area contributed by atoms with E-state index in [0.717, 1.165) is 0 Å². The van der Waals surface area contributed by atoms with Gasteiger partial charge in [-0.05, 0) is 0 Å². The van der Waals surface area contributed by atoms with E-state index in [9.17, 15) is 40.5 Å². The smallest absolute Gasteiger partial charge is 0.187 e. The summed E-state index contributed by atoms with van der Waals surface area (Å²) in [6, 6.07) is 0. The van der Waals surface area contributed by atoms with Crippen molar-refractivity contribution < 1.29 is 85.4 Å². The molecule has 0 amide bonds. The van der Waals surface area contributed by atoms with Crippen molar-refractivity contribution in [1.29, 1.82) is 0 Å². The molecule has 2 heterocycles. The van der Waals surface area contributed by atoms with E-state index < -0.39 is 106 Å². The SMILES string of the molecule is O=C[C@H](O)[C@@H](O)[C@@H](O)[C@H](O)CO.OC[C@H]1O[C@@H](O[C@H]2[C@H](O)[C@@H](O)C(O)O[C@@H]2CO)[C@H](O)[C@@H](O)[C@H]1O. The molecule has 2 aliphatic heterocycles. The molecular formula is C18H34O17. The zero-order valence-corrected chi connectivity index (χ0v) is 18.2. The van der Waals surface area contributed by atoms with Crippen LogP contribution in [0.2, 0.25) is 0 Å². The summed E-state index contributed by atoms with van der Waals surface area (Å²) in [6.07, 6.45) is -22.4. The summed E-state index contributed by atoms with van der Waals surface area (Å²) >= 11 is 0. The summed E-state index contributed by atoms with van der Waals surface area (Å²) in [5.41, 5.74) is 0. The van der Waals surface area contributed by atoms with Crippen LogP contribution < -0.4 is 0 Å². The minimum absolute atomic E-state index is 0.0258. The molecule has 2 rings (SSSR count). The predicted octanol–water partition coefficient (Wildman–Crippen LogP) is -8.78. The van der Waals surface area contributed by atoms with Gasteiger partial charge >= 0.3 is 0 Å². The van der Waals surface area contributed by atoms with Crippen LogP contribution in [0.1, 0.15) is 0 Å². The summed E-state index contributed by atoms with van der Waals surface area (Å²) < 4.78 is 15.3. The first-order valence-electron chi connectivity index (χ1n) is 10.4. The van der Waals surface area contributed by atoms with Crippen LogP contribution in [0.5, 0.6) is 0 Å². The molecule has 35 heavy (non-hydrogen) atoms. The van der Waals surface area contributed by atoms with E-state index in [1.807, 2.05) is 0 Å². The molecule has 13 N–H and O–H groups in total. The number of carbonyl (C=O) groups excluding carboxylic acids is 1. The maximum Gasteiger partial charge on any atom is 0.187 e. The zero-order chi connectivity index (χ0) is 27.0. The Bertz CT molecular complexity index is 608. The number of hydrogen-bond donors (Lipinski definition) is 13. The molecule has 17 nitrogen and oxygen atoms in total. The van der Waals surface area contributed by atoms with Crippen molar-refractivity contribution in [1.82, 2.24) is 0 Å². The number of aliphatic hydroxyl groups is 13. The van der Waals surface area contributed by atoms with Crippen LogP contribution in [-0.4, -0.2) is 178 Å². The number of aldehydes is 1. The minimum Gasteiger partial charge on any atom is -0.394 e. The van der Waals surface area contributed by atoms with Crippen molar-refractivity contribution in [3.8, 4) is 0 Å². The number of rotatable bonds is 9. The van der Waals surface area contributed by atoms with Crippen LogP contribution >= 0.6 is 0 Å². The van der Waals surface area contributed by atoms with Crippen molar-refractivity contribution in [3.05, 3.63) is 0 Å². The molecule has 208 valence electrons. The molecule has 0 aromatic heterocycles. The molecule has 2 aliphatic rings. The highest BCUT2D eigenvalue weighted by molar-refractivity contribution is 5.56. The number of ether oxygens (including phenoxy) is 3. The van der Waals surface area contributed by atoms with E-state index >= 15 is 0 Å². The molecule has 0 aromatic carbocycles. The second-order valence-corrected chi connectivity index (χ2v) is 7.88. The monoisotopic (exact) mass is 522 g/mol. The molecule has 0 bridgehead atoms. The molecule has 14 atom stereocenters. The molecule has 0 aromatic rings. The van der Waals surface area contributed by atoms with Crippen molar-refractivity contribution in [2.75, 3.05) is 19.8 Å². The van der Waals surface area contributed by atoms with Crippen molar-refractivity contribution in [2.45, 2.75) is 85.8 Å². The average Bonchev–Trinajstić information content (AvgIpc) is 2.87. The average molecular weight is 522 g/mol. The quantitative estimate of drug-likeness (QED) is 0.125. The van der Waals surface area contributed by atoms with Crippen molar-refractivity contribution in [2.24, 2.45) is 0 Å². The Hall–Kier alpha value is -0.970. The van der Waals surface area contributed by atoms with Crippen LogP contribution in [-0.2, 0) is 19.0 Å². The third kappa shape index (κ3) is 8.01. The molecule has 2 fully saturated rings. The van der Waals surface area contributed by atoms with E-state index in [0.29, 0.717) is 0 Å². The Labute approximate surface area is 198 Å². The molecule has 17 heteroatoms. The maximum absolute atomic E-state index is 9.94. The summed E-state index contributed by atoms with van der Waals surface area (Å²) in [5, 5.41) is 120. The van der Waals surface area contributed by atoms with E-state index in [1.165, 1.54) is 0 Å². The van der Waals surface area contributed by atoms with Gasteiger partial charge in [-0.1, -0.05) is 0 Å². The second kappa shape index (κ2) is 14.7. The lowest BCUT2D eigenvalue weighted by atomic mass is 9.97. The molecule has 2 saturated heterocycles. The van der Waals surface area contributed by atoms with Crippen LogP contribution in [0.15, 0.2) is 0 Å². The second-order valence-electron chi connectivity index (χ2n) is 7.88. The lowest BCUT2D eigenvalue weighted by molar-refractivity contribution is -0.355. The molecule has 0 radical (unpaired) electrons. The molecular weight excluding hydrogens is 488 g/mol. The van der Waals surface area contributed by atoms with Gasteiger partial charge in [-0.25, -0.2) is 0 Å². The Morgan fingerprint density at radius 2 is 1.29 bits per heavy atom. The van der Waals surface area contributed by atoms with E-state index in [2.05, 4.69) is 0 Å². The maximum atomic E-state index is 9.94.